The first-order valence-electron chi connectivity index (χ1n) is 6.79. The van der Waals surface area contributed by atoms with Crippen LogP contribution in [0.5, 0.6) is 0 Å². The zero-order valence-corrected chi connectivity index (χ0v) is 10.7. The van der Waals surface area contributed by atoms with Gasteiger partial charge in [0.1, 0.15) is 0 Å². The van der Waals surface area contributed by atoms with Gasteiger partial charge in [0.15, 0.2) is 0 Å². The summed E-state index contributed by atoms with van der Waals surface area (Å²) in [6.45, 7) is 2.25. The Morgan fingerprint density at radius 1 is 1.28 bits per heavy atom. The van der Waals surface area contributed by atoms with Gasteiger partial charge in [0.25, 0.3) is 0 Å². The van der Waals surface area contributed by atoms with Crippen LogP contribution in [0.15, 0.2) is 30.3 Å². The Labute approximate surface area is 108 Å². The van der Waals surface area contributed by atoms with E-state index in [1.807, 2.05) is 6.07 Å². The molecule has 0 heterocycles. The molecular weight excluding hydrogens is 218 g/mol. The van der Waals surface area contributed by atoms with Crippen molar-refractivity contribution < 1.29 is 0 Å². The minimum atomic E-state index is 0.664. The molecule has 0 N–H and O–H groups in total. The third-order valence-electron chi connectivity index (χ3n) is 4.09. The summed E-state index contributed by atoms with van der Waals surface area (Å²) in [7, 11) is 0. The molecule has 1 heteroatoms. The first kappa shape index (κ1) is 11.3. The monoisotopic (exact) mass is 235 g/mol. The zero-order chi connectivity index (χ0) is 12.5. The quantitative estimate of drug-likeness (QED) is 0.766. The van der Waals surface area contributed by atoms with Crippen LogP contribution in [-0.2, 0) is 6.42 Å². The minimum Gasteiger partial charge on any atom is -0.192 e. The van der Waals surface area contributed by atoms with Gasteiger partial charge in [-0.1, -0.05) is 44.0 Å². The molecule has 90 valence electrons. The molecule has 1 aliphatic rings. The van der Waals surface area contributed by atoms with Crippen molar-refractivity contribution >= 4 is 10.8 Å². The number of benzene rings is 2. The standard InChI is InChI=1S/C17H17N/c1-2-3-5-12-10-13-6-4-7-15-14(11-18)8-9-16(12)17(13)15/h4,6-9,12H,2-3,5,10H2,1H3. The summed E-state index contributed by atoms with van der Waals surface area (Å²) in [6.07, 6.45) is 4.97. The van der Waals surface area contributed by atoms with E-state index in [1.54, 1.807) is 0 Å². The first-order chi connectivity index (χ1) is 8.85. The number of rotatable bonds is 3. The van der Waals surface area contributed by atoms with E-state index >= 15 is 0 Å². The molecule has 0 spiro atoms. The van der Waals surface area contributed by atoms with Gasteiger partial charge in [-0.2, -0.15) is 5.26 Å². The maximum atomic E-state index is 9.20. The number of nitriles is 1. The maximum Gasteiger partial charge on any atom is 0.0998 e. The molecule has 1 unspecified atom stereocenters. The SMILES string of the molecule is CCCCC1Cc2cccc3c(C#N)ccc1c23. The van der Waals surface area contributed by atoms with E-state index in [4.69, 9.17) is 0 Å². The van der Waals surface area contributed by atoms with Gasteiger partial charge in [-0.05, 0) is 46.7 Å². The summed E-state index contributed by atoms with van der Waals surface area (Å²) >= 11 is 0. The van der Waals surface area contributed by atoms with Crippen LogP contribution in [0.25, 0.3) is 10.8 Å². The van der Waals surface area contributed by atoms with Crippen molar-refractivity contribution in [2.75, 3.05) is 0 Å². The topological polar surface area (TPSA) is 23.8 Å². The highest BCUT2D eigenvalue weighted by Gasteiger charge is 2.24. The van der Waals surface area contributed by atoms with E-state index in [9.17, 15) is 5.26 Å². The molecule has 0 fully saturated rings. The molecule has 1 nitrogen and oxygen atoms in total. The number of nitrogens with zero attached hydrogens (tertiary/aromatic N) is 1. The molecule has 2 aromatic rings. The Hall–Kier alpha value is -1.81. The molecular formula is C17H17N. The summed E-state index contributed by atoms with van der Waals surface area (Å²) in [5.41, 5.74) is 3.71. The van der Waals surface area contributed by atoms with E-state index in [-0.39, 0.29) is 0 Å². The molecule has 0 bridgehead atoms. The van der Waals surface area contributed by atoms with Gasteiger partial charge < -0.3 is 0 Å². The zero-order valence-electron chi connectivity index (χ0n) is 10.7. The summed E-state index contributed by atoms with van der Waals surface area (Å²) in [6, 6.07) is 12.9. The van der Waals surface area contributed by atoms with Crippen LogP contribution in [0.1, 0.15) is 48.8 Å². The van der Waals surface area contributed by atoms with Crippen molar-refractivity contribution in [3.63, 3.8) is 0 Å². The molecule has 0 amide bonds. The van der Waals surface area contributed by atoms with Crippen LogP contribution in [0.2, 0.25) is 0 Å². The van der Waals surface area contributed by atoms with Gasteiger partial charge in [0.05, 0.1) is 11.6 Å². The van der Waals surface area contributed by atoms with Crippen molar-refractivity contribution in [2.45, 2.75) is 38.5 Å². The van der Waals surface area contributed by atoms with Crippen LogP contribution < -0.4 is 0 Å². The molecule has 3 rings (SSSR count). The number of hydrogen-bond acceptors (Lipinski definition) is 1. The summed E-state index contributed by atoms with van der Waals surface area (Å²) in [5.74, 6) is 0.664. The lowest BCUT2D eigenvalue weighted by Crippen LogP contribution is -1.96. The van der Waals surface area contributed by atoms with Crippen LogP contribution in [-0.4, -0.2) is 0 Å². The first-order valence-corrected chi connectivity index (χ1v) is 6.79. The highest BCUT2D eigenvalue weighted by atomic mass is 14.3. The third-order valence-corrected chi connectivity index (χ3v) is 4.09. The van der Waals surface area contributed by atoms with Crippen LogP contribution >= 0.6 is 0 Å². The Morgan fingerprint density at radius 2 is 2.17 bits per heavy atom. The predicted molar refractivity (Wildman–Crippen MR) is 74.6 cm³/mol. The maximum absolute atomic E-state index is 9.20. The second kappa shape index (κ2) is 4.46. The van der Waals surface area contributed by atoms with Crippen molar-refractivity contribution in [1.29, 1.82) is 5.26 Å². The highest BCUT2D eigenvalue weighted by Crippen LogP contribution is 2.41. The van der Waals surface area contributed by atoms with Crippen molar-refractivity contribution in [3.05, 3.63) is 47.0 Å². The molecule has 0 aromatic heterocycles. The van der Waals surface area contributed by atoms with Crippen molar-refractivity contribution in [2.24, 2.45) is 0 Å². The van der Waals surface area contributed by atoms with E-state index in [1.165, 1.54) is 35.8 Å². The van der Waals surface area contributed by atoms with E-state index in [0.29, 0.717) is 5.92 Å². The summed E-state index contributed by atoms with van der Waals surface area (Å²) in [5, 5.41) is 11.7. The van der Waals surface area contributed by atoms with Crippen molar-refractivity contribution in [3.8, 4) is 6.07 Å². The lowest BCUT2D eigenvalue weighted by molar-refractivity contribution is 0.598. The molecule has 1 aliphatic carbocycles. The van der Waals surface area contributed by atoms with Gasteiger partial charge in [-0.15, -0.1) is 0 Å². The molecule has 0 radical (unpaired) electrons. The molecule has 1 atom stereocenters. The Balaban J connectivity index is 2.15. The Kier molecular flexibility index (Phi) is 2.80. The largest absolute Gasteiger partial charge is 0.192 e. The summed E-state index contributed by atoms with van der Waals surface area (Å²) in [4.78, 5) is 0. The molecule has 2 aromatic carbocycles. The van der Waals surface area contributed by atoms with E-state index in [0.717, 1.165) is 17.4 Å². The van der Waals surface area contributed by atoms with Gasteiger partial charge in [0.2, 0.25) is 0 Å². The summed E-state index contributed by atoms with van der Waals surface area (Å²) < 4.78 is 0. The average Bonchev–Trinajstić information content (AvgIpc) is 2.77. The van der Waals surface area contributed by atoms with Gasteiger partial charge >= 0.3 is 0 Å². The van der Waals surface area contributed by atoms with Gasteiger partial charge in [0, 0.05) is 0 Å². The molecule has 0 saturated heterocycles. The fourth-order valence-corrected chi connectivity index (χ4v) is 3.20. The number of hydrogen-bond donors (Lipinski definition) is 0. The van der Waals surface area contributed by atoms with Gasteiger partial charge in [-0.25, -0.2) is 0 Å². The predicted octanol–water partition coefficient (Wildman–Crippen LogP) is 4.54. The normalized spacial score (nSPS) is 17.0. The van der Waals surface area contributed by atoms with Crippen molar-refractivity contribution in [1.82, 2.24) is 0 Å². The lowest BCUT2D eigenvalue weighted by Gasteiger charge is -2.10. The van der Waals surface area contributed by atoms with Gasteiger partial charge in [-0.3, -0.25) is 0 Å². The van der Waals surface area contributed by atoms with Crippen LogP contribution in [0, 0.1) is 11.3 Å². The fraction of sp³-hybridized carbons (Fsp3) is 0.353. The lowest BCUT2D eigenvalue weighted by atomic mass is 9.93. The second-order valence-corrected chi connectivity index (χ2v) is 5.20. The Bertz CT molecular complexity index is 634. The number of unbranched alkanes of at least 4 members (excludes halogenated alkanes) is 1. The van der Waals surface area contributed by atoms with Crippen LogP contribution in [0.3, 0.4) is 0 Å². The highest BCUT2D eigenvalue weighted by molar-refractivity contribution is 5.95. The van der Waals surface area contributed by atoms with E-state index in [2.05, 4.69) is 37.3 Å². The molecule has 0 aliphatic heterocycles. The minimum absolute atomic E-state index is 0.664. The molecule has 18 heavy (non-hydrogen) atoms. The second-order valence-electron chi connectivity index (χ2n) is 5.20. The van der Waals surface area contributed by atoms with E-state index < -0.39 is 0 Å². The fourth-order valence-electron chi connectivity index (χ4n) is 3.20. The average molecular weight is 235 g/mol. The molecule has 0 saturated carbocycles. The smallest absolute Gasteiger partial charge is 0.0998 e. The third kappa shape index (κ3) is 1.61. The Morgan fingerprint density at radius 3 is 2.94 bits per heavy atom. The van der Waals surface area contributed by atoms with Crippen LogP contribution in [0.4, 0.5) is 0 Å².